The second kappa shape index (κ2) is 6.69. The van der Waals surface area contributed by atoms with E-state index >= 15 is 0 Å². The van der Waals surface area contributed by atoms with E-state index in [0.717, 1.165) is 30.5 Å². The molecule has 0 saturated carbocycles. The summed E-state index contributed by atoms with van der Waals surface area (Å²) in [7, 11) is 0. The number of hydrogen-bond donors (Lipinski definition) is 1. The molecule has 0 saturated heterocycles. The molecule has 0 aliphatic carbocycles. The summed E-state index contributed by atoms with van der Waals surface area (Å²) < 4.78 is 0.973. The molecule has 0 rings (SSSR count). The van der Waals surface area contributed by atoms with Crippen LogP contribution < -0.4 is 0 Å². The Morgan fingerprint density at radius 1 is 1.19 bits per heavy atom. The third kappa shape index (κ3) is 3.34. The average molecular weight is 228 g/mol. The Bertz CT molecular complexity index is 246. The van der Waals surface area contributed by atoms with Crippen molar-refractivity contribution in [3.05, 3.63) is 11.6 Å². The van der Waals surface area contributed by atoms with Crippen molar-refractivity contribution in [1.29, 1.82) is 0 Å². The summed E-state index contributed by atoms with van der Waals surface area (Å²) in [6.45, 7) is 13.5. The van der Waals surface area contributed by atoms with Crippen LogP contribution in [0, 0.1) is 0 Å². The number of rotatable bonds is 7. The fourth-order valence-electron chi connectivity index (χ4n) is 2.40. The van der Waals surface area contributed by atoms with Gasteiger partial charge in [-0.25, -0.2) is 4.79 Å². The Hall–Kier alpha value is -0.830. The van der Waals surface area contributed by atoms with Gasteiger partial charge < -0.3 is 9.59 Å². The third-order valence-electron chi connectivity index (χ3n) is 3.79. The molecule has 0 aromatic rings. The van der Waals surface area contributed by atoms with Gasteiger partial charge in [0.25, 0.3) is 0 Å². The lowest BCUT2D eigenvalue weighted by Gasteiger charge is -2.41. The van der Waals surface area contributed by atoms with Crippen molar-refractivity contribution in [2.45, 2.75) is 47.1 Å². The first-order valence-corrected chi connectivity index (χ1v) is 6.24. The molecule has 3 heteroatoms. The summed E-state index contributed by atoms with van der Waals surface area (Å²) in [5, 5.41) is 8.94. The number of likely N-dealkylation sites (N-methyl/N-ethyl adjacent to an activating group) is 1. The second-order valence-corrected chi connectivity index (χ2v) is 4.30. The van der Waals surface area contributed by atoms with Crippen molar-refractivity contribution in [3.63, 3.8) is 0 Å². The maximum absolute atomic E-state index is 10.9. The Kier molecular flexibility index (Phi) is 6.34. The molecule has 0 amide bonds. The zero-order valence-electron chi connectivity index (χ0n) is 11.3. The molecule has 0 heterocycles. The van der Waals surface area contributed by atoms with Gasteiger partial charge in [-0.1, -0.05) is 6.92 Å². The van der Waals surface area contributed by atoms with Crippen LogP contribution in [0.4, 0.5) is 0 Å². The predicted octanol–water partition coefficient (Wildman–Crippen LogP) is 2.67. The standard InChI is InChI=1S/C13H25NO2/c1-6-12(10-11(5)13(15)16)14(7-2,8-3)9-4/h10,12H,6-9H2,1-5H3/p+1/b11-10+. The van der Waals surface area contributed by atoms with E-state index in [2.05, 4.69) is 27.7 Å². The molecule has 0 aliphatic rings. The Balaban J connectivity index is 5.10. The maximum Gasteiger partial charge on any atom is 0.331 e. The van der Waals surface area contributed by atoms with Crippen molar-refractivity contribution in [3.8, 4) is 0 Å². The zero-order valence-corrected chi connectivity index (χ0v) is 11.3. The zero-order chi connectivity index (χ0) is 12.8. The number of quaternary nitrogens is 1. The van der Waals surface area contributed by atoms with Gasteiger partial charge in [-0.2, -0.15) is 0 Å². The molecule has 3 nitrogen and oxygen atoms in total. The van der Waals surface area contributed by atoms with Gasteiger partial charge in [-0.15, -0.1) is 0 Å². The minimum atomic E-state index is -0.806. The van der Waals surface area contributed by atoms with Gasteiger partial charge in [0.1, 0.15) is 6.04 Å². The van der Waals surface area contributed by atoms with Crippen molar-refractivity contribution < 1.29 is 14.4 Å². The van der Waals surface area contributed by atoms with Gasteiger partial charge in [0, 0.05) is 12.0 Å². The van der Waals surface area contributed by atoms with E-state index in [0.29, 0.717) is 11.6 Å². The fraction of sp³-hybridized carbons (Fsp3) is 0.769. The highest BCUT2D eigenvalue weighted by Gasteiger charge is 2.29. The van der Waals surface area contributed by atoms with E-state index in [1.807, 2.05) is 6.08 Å². The molecule has 0 aromatic carbocycles. The summed E-state index contributed by atoms with van der Waals surface area (Å²) in [5.41, 5.74) is 0.463. The van der Waals surface area contributed by atoms with Gasteiger partial charge in [0.05, 0.1) is 19.6 Å². The van der Waals surface area contributed by atoms with Crippen LogP contribution in [-0.4, -0.2) is 41.2 Å². The number of hydrogen-bond acceptors (Lipinski definition) is 1. The van der Waals surface area contributed by atoms with Gasteiger partial charge in [0.2, 0.25) is 0 Å². The first-order valence-electron chi connectivity index (χ1n) is 6.24. The van der Waals surface area contributed by atoms with Gasteiger partial charge in [-0.05, 0) is 33.8 Å². The lowest BCUT2D eigenvalue weighted by molar-refractivity contribution is -0.940. The van der Waals surface area contributed by atoms with Crippen molar-refractivity contribution >= 4 is 5.97 Å². The second-order valence-electron chi connectivity index (χ2n) is 4.30. The van der Waals surface area contributed by atoms with E-state index in [1.165, 1.54) is 0 Å². The Morgan fingerprint density at radius 2 is 1.62 bits per heavy atom. The van der Waals surface area contributed by atoms with Crippen molar-refractivity contribution in [1.82, 2.24) is 0 Å². The molecular formula is C13H26NO2+. The first kappa shape index (κ1) is 15.2. The van der Waals surface area contributed by atoms with Crippen LogP contribution in [0.1, 0.15) is 41.0 Å². The summed E-state index contributed by atoms with van der Waals surface area (Å²) in [6, 6.07) is 0.316. The van der Waals surface area contributed by atoms with Crippen LogP contribution in [0.3, 0.4) is 0 Å². The van der Waals surface area contributed by atoms with E-state index in [4.69, 9.17) is 5.11 Å². The SMILES string of the molecule is CCC(/C=C(\C)C(=O)O)[N+](CC)(CC)CC. The summed E-state index contributed by atoms with van der Waals surface area (Å²) in [5.74, 6) is -0.806. The minimum absolute atomic E-state index is 0.316. The molecule has 0 spiro atoms. The van der Waals surface area contributed by atoms with Gasteiger partial charge in [0.15, 0.2) is 0 Å². The lowest BCUT2D eigenvalue weighted by atomic mass is 10.1. The molecule has 0 bridgehead atoms. The minimum Gasteiger partial charge on any atom is -0.478 e. The highest BCUT2D eigenvalue weighted by molar-refractivity contribution is 5.85. The molecule has 1 unspecified atom stereocenters. The summed E-state index contributed by atoms with van der Waals surface area (Å²) >= 11 is 0. The summed E-state index contributed by atoms with van der Waals surface area (Å²) in [6.07, 6.45) is 2.92. The molecular weight excluding hydrogens is 202 g/mol. The number of carboxylic acids is 1. The maximum atomic E-state index is 10.9. The van der Waals surface area contributed by atoms with Crippen LogP contribution >= 0.6 is 0 Å². The van der Waals surface area contributed by atoms with Crippen LogP contribution in [0.5, 0.6) is 0 Å². The number of aliphatic carboxylic acids is 1. The molecule has 1 atom stereocenters. The molecule has 0 radical (unpaired) electrons. The Morgan fingerprint density at radius 3 is 1.88 bits per heavy atom. The van der Waals surface area contributed by atoms with Crippen molar-refractivity contribution in [2.75, 3.05) is 19.6 Å². The predicted molar refractivity (Wildman–Crippen MR) is 67.4 cm³/mol. The lowest BCUT2D eigenvalue weighted by Crippen LogP contribution is -2.54. The molecule has 0 fully saturated rings. The van der Waals surface area contributed by atoms with Crippen LogP contribution in [0.25, 0.3) is 0 Å². The van der Waals surface area contributed by atoms with Crippen LogP contribution in [0.2, 0.25) is 0 Å². The molecule has 94 valence electrons. The van der Waals surface area contributed by atoms with E-state index in [9.17, 15) is 4.79 Å². The quantitative estimate of drug-likeness (QED) is 0.537. The van der Waals surface area contributed by atoms with Crippen LogP contribution in [-0.2, 0) is 4.79 Å². The molecule has 0 aromatic heterocycles. The largest absolute Gasteiger partial charge is 0.478 e. The van der Waals surface area contributed by atoms with Gasteiger partial charge in [-0.3, -0.25) is 0 Å². The monoisotopic (exact) mass is 228 g/mol. The topological polar surface area (TPSA) is 37.3 Å². The molecule has 0 aliphatic heterocycles. The highest BCUT2D eigenvalue weighted by atomic mass is 16.4. The summed E-state index contributed by atoms with van der Waals surface area (Å²) in [4.78, 5) is 10.9. The smallest absolute Gasteiger partial charge is 0.331 e. The number of carboxylic acid groups (broad SMARTS) is 1. The first-order chi connectivity index (χ1) is 7.47. The average Bonchev–Trinajstić information content (AvgIpc) is 2.29. The number of carbonyl (C=O) groups is 1. The van der Waals surface area contributed by atoms with Crippen LogP contribution in [0.15, 0.2) is 11.6 Å². The fourth-order valence-corrected chi connectivity index (χ4v) is 2.40. The highest BCUT2D eigenvalue weighted by Crippen LogP contribution is 2.19. The molecule has 16 heavy (non-hydrogen) atoms. The third-order valence-corrected chi connectivity index (χ3v) is 3.79. The van der Waals surface area contributed by atoms with Crippen molar-refractivity contribution in [2.24, 2.45) is 0 Å². The Labute approximate surface area is 99.4 Å². The number of nitrogens with zero attached hydrogens (tertiary/aromatic N) is 1. The normalized spacial score (nSPS) is 14.9. The van der Waals surface area contributed by atoms with Gasteiger partial charge >= 0.3 is 5.97 Å². The van der Waals surface area contributed by atoms with E-state index in [-0.39, 0.29) is 0 Å². The van der Waals surface area contributed by atoms with E-state index < -0.39 is 5.97 Å². The van der Waals surface area contributed by atoms with E-state index in [1.54, 1.807) is 6.92 Å². The molecule has 1 N–H and O–H groups in total.